The molecule has 0 amide bonds. The lowest BCUT2D eigenvalue weighted by atomic mass is 10.2. The van der Waals surface area contributed by atoms with E-state index in [2.05, 4.69) is 36.1 Å². The second-order valence-electron chi connectivity index (χ2n) is 5.79. The molecule has 0 spiro atoms. The van der Waals surface area contributed by atoms with E-state index in [1.807, 2.05) is 13.8 Å². The summed E-state index contributed by atoms with van der Waals surface area (Å²) < 4.78 is 1.70. The van der Waals surface area contributed by atoms with Crippen molar-refractivity contribution in [3.8, 4) is 0 Å². The number of nitrogens with one attached hydrogen (secondary N) is 1. The van der Waals surface area contributed by atoms with Crippen molar-refractivity contribution in [1.82, 2.24) is 14.5 Å². The summed E-state index contributed by atoms with van der Waals surface area (Å²) in [4.78, 5) is 18.6. The maximum absolute atomic E-state index is 12.1. The van der Waals surface area contributed by atoms with Crippen LogP contribution in [0, 0.1) is 0 Å². The zero-order valence-corrected chi connectivity index (χ0v) is 13.4. The number of rotatable bonds is 8. The first-order valence-corrected chi connectivity index (χ1v) is 7.44. The van der Waals surface area contributed by atoms with Crippen molar-refractivity contribution in [2.75, 3.05) is 25.5 Å². The highest BCUT2D eigenvalue weighted by Gasteiger charge is 2.06. The summed E-state index contributed by atoms with van der Waals surface area (Å²) in [6.45, 7) is 10.2. The average Bonchev–Trinajstić information content (AvgIpc) is 2.39. The van der Waals surface area contributed by atoms with E-state index in [0.717, 1.165) is 25.9 Å². The van der Waals surface area contributed by atoms with E-state index >= 15 is 0 Å². The Labute approximate surface area is 122 Å². The predicted octanol–water partition coefficient (Wildman–Crippen LogP) is 2.36. The SMILES string of the molecule is CC(C)N(C)CCCCNc1nccn(C(C)C)c1=O. The topological polar surface area (TPSA) is 50.2 Å². The first-order chi connectivity index (χ1) is 9.43. The van der Waals surface area contributed by atoms with Crippen molar-refractivity contribution in [1.29, 1.82) is 0 Å². The Bertz CT molecular complexity index is 453. The third-order valence-corrected chi connectivity index (χ3v) is 3.54. The minimum atomic E-state index is -0.0400. The highest BCUT2D eigenvalue weighted by molar-refractivity contribution is 5.30. The summed E-state index contributed by atoms with van der Waals surface area (Å²) in [5.74, 6) is 0.457. The number of hydrogen-bond donors (Lipinski definition) is 1. The second-order valence-corrected chi connectivity index (χ2v) is 5.79. The Kier molecular flexibility index (Phi) is 6.71. The van der Waals surface area contributed by atoms with Crippen molar-refractivity contribution < 1.29 is 0 Å². The van der Waals surface area contributed by atoms with E-state index in [0.29, 0.717) is 11.9 Å². The number of hydrogen-bond acceptors (Lipinski definition) is 4. The first-order valence-electron chi connectivity index (χ1n) is 7.44. The summed E-state index contributed by atoms with van der Waals surface area (Å²) in [6, 6.07) is 0.739. The minimum Gasteiger partial charge on any atom is -0.365 e. The summed E-state index contributed by atoms with van der Waals surface area (Å²) in [5, 5.41) is 3.15. The lowest BCUT2D eigenvalue weighted by Crippen LogP contribution is -2.28. The van der Waals surface area contributed by atoms with E-state index in [-0.39, 0.29) is 11.6 Å². The molecular formula is C15H28N4O. The summed E-state index contributed by atoms with van der Waals surface area (Å²) in [6.07, 6.45) is 5.56. The smallest absolute Gasteiger partial charge is 0.293 e. The molecule has 5 heteroatoms. The molecule has 0 bridgehead atoms. The molecular weight excluding hydrogens is 252 g/mol. The van der Waals surface area contributed by atoms with Crippen LogP contribution in [0.3, 0.4) is 0 Å². The van der Waals surface area contributed by atoms with Gasteiger partial charge in [-0.2, -0.15) is 0 Å². The first kappa shape index (κ1) is 16.7. The zero-order chi connectivity index (χ0) is 15.1. The lowest BCUT2D eigenvalue weighted by Gasteiger charge is -2.20. The Morgan fingerprint density at radius 3 is 2.60 bits per heavy atom. The van der Waals surface area contributed by atoms with Crippen molar-refractivity contribution in [3.05, 3.63) is 22.7 Å². The standard InChI is InChI=1S/C15H28N4O/c1-12(2)18(5)10-7-6-8-16-14-15(20)19(13(3)4)11-9-17-14/h9,11-13H,6-8,10H2,1-5H3,(H,16,17). The van der Waals surface area contributed by atoms with Gasteiger partial charge >= 0.3 is 0 Å². The normalized spacial score (nSPS) is 11.6. The lowest BCUT2D eigenvalue weighted by molar-refractivity contribution is 0.269. The molecule has 0 fully saturated rings. The molecule has 0 aliphatic rings. The summed E-state index contributed by atoms with van der Waals surface area (Å²) in [5.41, 5.74) is -0.0400. The van der Waals surface area contributed by atoms with Gasteiger partial charge in [0.05, 0.1) is 0 Å². The van der Waals surface area contributed by atoms with Crippen LogP contribution in [-0.2, 0) is 0 Å². The van der Waals surface area contributed by atoms with Gasteiger partial charge in [-0.3, -0.25) is 4.79 Å². The second kappa shape index (κ2) is 8.04. The summed E-state index contributed by atoms with van der Waals surface area (Å²) >= 11 is 0. The number of anilines is 1. The van der Waals surface area contributed by atoms with Gasteiger partial charge < -0.3 is 14.8 Å². The Balaban J connectivity index is 2.40. The van der Waals surface area contributed by atoms with Crippen molar-refractivity contribution in [2.45, 2.75) is 52.6 Å². The van der Waals surface area contributed by atoms with Crippen LogP contribution >= 0.6 is 0 Å². The molecule has 1 heterocycles. The van der Waals surface area contributed by atoms with Gasteiger partial charge in [0, 0.05) is 31.0 Å². The Hall–Kier alpha value is -1.36. The fourth-order valence-electron chi connectivity index (χ4n) is 1.90. The third-order valence-electron chi connectivity index (χ3n) is 3.54. The van der Waals surface area contributed by atoms with Crippen molar-refractivity contribution in [2.24, 2.45) is 0 Å². The molecule has 114 valence electrons. The van der Waals surface area contributed by atoms with Crippen LogP contribution in [0.25, 0.3) is 0 Å². The van der Waals surface area contributed by atoms with Gasteiger partial charge in [-0.1, -0.05) is 0 Å². The summed E-state index contributed by atoms with van der Waals surface area (Å²) in [7, 11) is 2.14. The molecule has 0 aliphatic heterocycles. The van der Waals surface area contributed by atoms with E-state index in [1.165, 1.54) is 0 Å². The molecule has 0 atom stereocenters. The molecule has 1 rings (SSSR count). The van der Waals surface area contributed by atoms with Crippen molar-refractivity contribution >= 4 is 5.82 Å². The fourth-order valence-corrected chi connectivity index (χ4v) is 1.90. The van der Waals surface area contributed by atoms with Crippen LogP contribution in [0.4, 0.5) is 5.82 Å². The van der Waals surface area contributed by atoms with Crippen LogP contribution < -0.4 is 10.9 Å². The quantitative estimate of drug-likeness (QED) is 0.743. The van der Waals surface area contributed by atoms with Gasteiger partial charge in [-0.05, 0) is 54.1 Å². The van der Waals surface area contributed by atoms with Gasteiger partial charge in [-0.25, -0.2) is 4.98 Å². The largest absolute Gasteiger partial charge is 0.365 e. The third kappa shape index (κ3) is 4.96. The van der Waals surface area contributed by atoms with Crippen molar-refractivity contribution in [3.63, 3.8) is 0 Å². The molecule has 20 heavy (non-hydrogen) atoms. The fraction of sp³-hybridized carbons (Fsp3) is 0.733. The predicted molar refractivity (Wildman–Crippen MR) is 84.4 cm³/mol. The maximum atomic E-state index is 12.1. The van der Waals surface area contributed by atoms with Gasteiger partial charge in [-0.15, -0.1) is 0 Å². The minimum absolute atomic E-state index is 0.0400. The number of nitrogens with zero attached hydrogens (tertiary/aromatic N) is 3. The van der Waals surface area contributed by atoms with Gasteiger partial charge in [0.15, 0.2) is 5.82 Å². The van der Waals surface area contributed by atoms with Crippen LogP contribution in [0.15, 0.2) is 17.2 Å². The highest BCUT2D eigenvalue weighted by atomic mass is 16.1. The molecule has 1 aromatic rings. The Morgan fingerprint density at radius 2 is 2.00 bits per heavy atom. The van der Waals surface area contributed by atoms with Gasteiger partial charge in [0.2, 0.25) is 0 Å². The van der Waals surface area contributed by atoms with E-state index in [1.54, 1.807) is 17.0 Å². The molecule has 5 nitrogen and oxygen atoms in total. The molecule has 0 aromatic carbocycles. The van der Waals surface area contributed by atoms with Gasteiger partial charge in [0.1, 0.15) is 0 Å². The van der Waals surface area contributed by atoms with Crippen LogP contribution in [0.5, 0.6) is 0 Å². The molecule has 0 saturated carbocycles. The van der Waals surface area contributed by atoms with Crippen LogP contribution in [0.2, 0.25) is 0 Å². The number of aromatic nitrogens is 2. The Morgan fingerprint density at radius 1 is 1.30 bits per heavy atom. The molecule has 1 N–H and O–H groups in total. The van der Waals surface area contributed by atoms with Crippen LogP contribution in [0.1, 0.15) is 46.6 Å². The average molecular weight is 280 g/mol. The molecule has 0 aliphatic carbocycles. The van der Waals surface area contributed by atoms with E-state index in [4.69, 9.17) is 0 Å². The van der Waals surface area contributed by atoms with E-state index in [9.17, 15) is 4.79 Å². The highest BCUT2D eigenvalue weighted by Crippen LogP contribution is 2.02. The molecule has 1 aromatic heterocycles. The molecule has 0 saturated heterocycles. The van der Waals surface area contributed by atoms with E-state index < -0.39 is 0 Å². The maximum Gasteiger partial charge on any atom is 0.293 e. The number of unbranched alkanes of at least 4 members (excludes halogenated alkanes) is 1. The zero-order valence-electron chi connectivity index (χ0n) is 13.4. The van der Waals surface area contributed by atoms with Crippen LogP contribution in [-0.4, -0.2) is 40.6 Å². The van der Waals surface area contributed by atoms with Gasteiger partial charge in [0.25, 0.3) is 5.56 Å². The molecule has 0 unspecified atom stereocenters. The molecule has 0 radical (unpaired) electrons. The monoisotopic (exact) mass is 280 g/mol.